The molecule has 28 heavy (non-hydrogen) atoms. The number of hydrogen-bond acceptors (Lipinski definition) is 4. The van der Waals surface area contributed by atoms with Gasteiger partial charge in [0.25, 0.3) is 5.91 Å². The van der Waals surface area contributed by atoms with Crippen molar-refractivity contribution >= 4 is 11.8 Å². The molecule has 6 nitrogen and oxygen atoms in total. The number of piperidine rings is 1. The molecule has 0 spiro atoms. The quantitative estimate of drug-likeness (QED) is 0.887. The minimum atomic E-state index is -0.184. The summed E-state index contributed by atoms with van der Waals surface area (Å²) < 4.78 is 0. The second kappa shape index (κ2) is 7.70. The third-order valence-corrected chi connectivity index (χ3v) is 5.97. The highest BCUT2D eigenvalue weighted by Gasteiger charge is 2.43. The van der Waals surface area contributed by atoms with Gasteiger partial charge in [0.05, 0.1) is 18.3 Å². The zero-order chi connectivity index (χ0) is 19.7. The molecule has 2 aromatic rings. The van der Waals surface area contributed by atoms with Gasteiger partial charge in [-0.25, -0.2) is 4.98 Å². The Hall–Kier alpha value is -2.76. The van der Waals surface area contributed by atoms with Crippen LogP contribution in [-0.2, 0) is 11.2 Å². The predicted molar refractivity (Wildman–Crippen MR) is 106 cm³/mol. The standard InChI is InChI=1S/C22H26N4O2/c1-14-5-3-4-6-16(14)9-21(27)26-18-7-8-19(26)11-17(10-18)25-22(28)20-13-23-15(2)12-24-20/h3-6,12-13,17-19H,7-11H2,1-2H3,(H,25,28)/t17?,18-,19+. The van der Waals surface area contributed by atoms with Crippen molar-refractivity contribution in [1.82, 2.24) is 20.2 Å². The summed E-state index contributed by atoms with van der Waals surface area (Å²) in [6.07, 6.45) is 7.21. The molecule has 1 aromatic heterocycles. The number of benzene rings is 1. The molecule has 146 valence electrons. The van der Waals surface area contributed by atoms with Gasteiger partial charge >= 0.3 is 0 Å². The number of fused-ring (bicyclic) bond motifs is 2. The van der Waals surface area contributed by atoms with Crippen molar-refractivity contribution in [3.05, 3.63) is 59.2 Å². The van der Waals surface area contributed by atoms with Crippen molar-refractivity contribution in [3.8, 4) is 0 Å². The zero-order valence-corrected chi connectivity index (χ0v) is 16.4. The lowest BCUT2D eigenvalue weighted by Gasteiger charge is -2.39. The number of carbonyl (C=O) groups is 2. The first-order valence-corrected chi connectivity index (χ1v) is 9.96. The Kier molecular flexibility index (Phi) is 5.11. The summed E-state index contributed by atoms with van der Waals surface area (Å²) in [5.41, 5.74) is 3.39. The molecule has 0 aliphatic carbocycles. The fourth-order valence-electron chi connectivity index (χ4n) is 4.53. The van der Waals surface area contributed by atoms with Crippen molar-refractivity contribution in [2.75, 3.05) is 0 Å². The van der Waals surface area contributed by atoms with Gasteiger partial charge in [0.15, 0.2) is 0 Å². The Labute approximate surface area is 165 Å². The van der Waals surface area contributed by atoms with Crippen LogP contribution in [0.2, 0.25) is 0 Å². The number of carbonyl (C=O) groups excluding carboxylic acids is 2. The van der Waals surface area contributed by atoms with E-state index in [-0.39, 0.29) is 29.9 Å². The maximum absolute atomic E-state index is 13.0. The van der Waals surface area contributed by atoms with E-state index in [0.29, 0.717) is 12.1 Å². The Bertz CT molecular complexity index is 866. The largest absolute Gasteiger partial charge is 0.348 e. The van der Waals surface area contributed by atoms with E-state index in [0.717, 1.165) is 42.5 Å². The molecule has 2 aliphatic rings. The first kappa shape index (κ1) is 18.6. The van der Waals surface area contributed by atoms with E-state index in [2.05, 4.69) is 20.2 Å². The maximum atomic E-state index is 13.0. The summed E-state index contributed by atoms with van der Waals surface area (Å²) in [6, 6.07) is 8.57. The minimum Gasteiger partial charge on any atom is -0.348 e. The van der Waals surface area contributed by atoms with E-state index < -0.39 is 0 Å². The number of nitrogens with one attached hydrogen (secondary N) is 1. The third kappa shape index (κ3) is 3.77. The number of amides is 2. The zero-order valence-electron chi connectivity index (χ0n) is 16.4. The number of hydrogen-bond donors (Lipinski definition) is 1. The van der Waals surface area contributed by atoms with Crippen LogP contribution in [0.4, 0.5) is 0 Å². The molecule has 2 aliphatic heterocycles. The Morgan fingerprint density at radius 1 is 1.07 bits per heavy atom. The van der Waals surface area contributed by atoms with E-state index in [9.17, 15) is 9.59 Å². The SMILES string of the molecule is Cc1cnc(C(=O)NC2C[C@H]3CC[C@@H](C2)N3C(=O)Cc2ccccc2C)cn1. The van der Waals surface area contributed by atoms with Crippen LogP contribution in [0, 0.1) is 13.8 Å². The molecule has 3 atom stereocenters. The predicted octanol–water partition coefficient (Wildman–Crippen LogP) is 2.59. The van der Waals surface area contributed by atoms with Crippen LogP contribution in [0.3, 0.4) is 0 Å². The van der Waals surface area contributed by atoms with E-state index in [1.165, 1.54) is 6.20 Å². The average Bonchev–Trinajstić information content (AvgIpc) is 2.95. The molecule has 2 bridgehead atoms. The van der Waals surface area contributed by atoms with Crippen LogP contribution >= 0.6 is 0 Å². The van der Waals surface area contributed by atoms with Crippen LogP contribution in [0.1, 0.15) is 53.0 Å². The Morgan fingerprint density at radius 2 is 1.79 bits per heavy atom. The maximum Gasteiger partial charge on any atom is 0.271 e. The van der Waals surface area contributed by atoms with Crippen molar-refractivity contribution in [1.29, 1.82) is 0 Å². The second-order valence-corrected chi connectivity index (χ2v) is 7.97. The van der Waals surface area contributed by atoms with Crippen LogP contribution in [0.5, 0.6) is 0 Å². The monoisotopic (exact) mass is 378 g/mol. The summed E-state index contributed by atoms with van der Waals surface area (Å²) >= 11 is 0. The number of aromatic nitrogens is 2. The number of rotatable bonds is 4. The van der Waals surface area contributed by atoms with E-state index in [1.54, 1.807) is 6.20 Å². The average molecular weight is 378 g/mol. The first-order valence-electron chi connectivity index (χ1n) is 9.96. The lowest BCUT2D eigenvalue weighted by Crippen LogP contribution is -2.52. The molecule has 1 N–H and O–H groups in total. The summed E-state index contributed by atoms with van der Waals surface area (Å²) in [5, 5.41) is 3.09. The van der Waals surface area contributed by atoms with E-state index in [1.807, 2.05) is 38.1 Å². The molecular formula is C22H26N4O2. The van der Waals surface area contributed by atoms with Gasteiger partial charge in [-0.2, -0.15) is 0 Å². The fourth-order valence-corrected chi connectivity index (χ4v) is 4.53. The molecule has 2 fully saturated rings. The van der Waals surface area contributed by atoms with Crippen LogP contribution < -0.4 is 5.32 Å². The van der Waals surface area contributed by atoms with Gasteiger partial charge in [-0.05, 0) is 50.7 Å². The van der Waals surface area contributed by atoms with Crippen molar-refractivity contribution < 1.29 is 9.59 Å². The lowest BCUT2D eigenvalue weighted by atomic mass is 9.95. The van der Waals surface area contributed by atoms with Gasteiger partial charge in [-0.3, -0.25) is 14.6 Å². The third-order valence-electron chi connectivity index (χ3n) is 5.97. The smallest absolute Gasteiger partial charge is 0.271 e. The molecule has 2 amide bonds. The molecule has 1 unspecified atom stereocenters. The van der Waals surface area contributed by atoms with Gasteiger partial charge in [-0.1, -0.05) is 24.3 Å². The van der Waals surface area contributed by atoms with Gasteiger partial charge in [0, 0.05) is 24.3 Å². The topological polar surface area (TPSA) is 75.2 Å². The summed E-state index contributed by atoms with van der Waals surface area (Å²) in [7, 11) is 0. The molecule has 6 heteroatoms. The van der Waals surface area contributed by atoms with Crippen LogP contribution in [0.15, 0.2) is 36.7 Å². The number of nitrogens with zero attached hydrogens (tertiary/aromatic N) is 3. The van der Waals surface area contributed by atoms with Crippen molar-refractivity contribution in [3.63, 3.8) is 0 Å². The van der Waals surface area contributed by atoms with Gasteiger partial charge in [-0.15, -0.1) is 0 Å². The summed E-state index contributed by atoms with van der Waals surface area (Å²) in [4.78, 5) is 35.8. The highest BCUT2D eigenvalue weighted by Crippen LogP contribution is 2.36. The Balaban J connectivity index is 1.39. The second-order valence-electron chi connectivity index (χ2n) is 7.97. The normalized spacial score (nSPS) is 23.5. The van der Waals surface area contributed by atoms with Gasteiger partial charge in [0.1, 0.15) is 5.69 Å². The van der Waals surface area contributed by atoms with Crippen molar-refractivity contribution in [2.24, 2.45) is 0 Å². The van der Waals surface area contributed by atoms with E-state index in [4.69, 9.17) is 0 Å². The molecule has 4 rings (SSSR count). The van der Waals surface area contributed by atoms with E-state index >= 15 is 0 Å². The minimum absolute atomic E-state index is 0.0793. The summed E-state index contributed by atoms with van der Waals surface area (Å²) in [5.74, 6) is 0.0209. The van der Waals surface area contributed by atoms with Gasteiger partial charge < -0.3 is 10.2 Å². The highest BCUT2D eigenvalue weighted by atomic mass is 16.2. The van der Waals surface area contributed by atoms with Crippen LogP contribution in [0.25, 0.3) is 0 Å². The van der Waals surface area contributed by atoms with Crippen molar-refractivity contribution in [2.45, 2.75) is 64.1 Å². The molecular weight excluding hydrogens is 352 g/mol. The fraction of sp³-hybridized carbons (Fsp3) is 0.455. The molecule has 1 aromatic carbocycles. The lowest BCUT2D eigenvalue weighted by molar-refractivity contribution is -0.135. The first-order chi connectivity index (χ1) is 13.5. The summed E-state index contributed by atoms with van der Waals surface area (Å²) in [6.45, 7) is 3.89. The highest BCUT2D eigenvalue weighted by molar-refractivity contribution is 5.92. The molecule has 0 saturated carbocycles. The molecule has 2 saturated heterocycles. The van der Waals surface area contributed by atoms with Gasteiger partial charge in [0.2, 0.25) is 5.91 Å². The Morgan fingerprint density at radius 3 is 2.43 bits per heavy atom. The molecule has 3 heterocycles. The van der Waals surface area contributed by atoms with Crippen LogP contribution in [-0.4, -0.2) is 44.8 Å². The number of aryl methyl sites for hydroxylation is 2. The molecule has 0 radical (unpaired) electrons.